The molecule has 2 aromatic carbocycles. The Balaban J connectivity index is 1.72. The average molecular weight is 339 g/mol. The number of rotatable bonds is 6. The van der Waals surface area contributed by atoms with Gasteiger partial charge in [0.25, 0.3) is 0 Å². The van der Waals surface area contributed by atoms with Crippen LogP contribution in [0.1, 0.15) is 25.3 Å². The molecule has 0 amide bonds. The first-order valence-corrected chi connectivity index (χ1v) is 8.94. The molecule has 0 fully saturated rings. The van der Waals surface area contributed by atoms with Gasteiger partial charge in [-0.05, 0) is 48.4 Å². The molecule has 0 saturated carbocycles. The minimum Gasteiger partial charge on any atom is -0.494 e. The zero-order valence-electron chi connectivity index (χ0n) is 14.0. The van der Waals surface area contributed by atoms with Gasteiger partial charge in [-0.15, -0.1) is 5.10 Å². The SMILES string of the molecule is CCCCOc1ccc(C=NN=c2sc3ccccc3n2C)cc1. The van der Waals surface area contributed by atoms with Crippen molar-refractivity contribution >= 4 is 27.8 Å². The fourth-order valence-corrected chi connectivity index (χ4v) is 3.28. The average Bonchev–Trinajstić information content (AvgIpc) is 2.93. The fraction of sp³-hybridized carbons (Fsp3) is 0.263. The largest absolute Gasteiger partial charge is 0.494 e. The van der Waals surface area contributed by atoms with Gasteiger partial charge >= 0.3 is 0 Å². The summed E-state index contributed by atoms with van der Waals surface area (Å²) in [5.74, 6) is 0.897. The predicted molar refractivity (Wildman–Crippen MR) is 101 cm³/mol. The summed E-state index contributed by atoms with van der Waals surface area (Å²) in [7, 11) is 2.01. The zero-order chi connectivity index (χ0) is 16.8. The Kier molecular flexibility index (Phi) is 5.43. The zero-order valence-corrected chi connectivity index (χ0v) is 14.8. The van der Waals surface area contributed by atoms with Gasteiger partial charge in [-0.2, -0.15) is 5.10 Å². The van der Waals surface area contributed by atoms with E-state index in [-0.39, 0.29) is 0 Å². The number of aromatic nitrogens is 1. The maximum Gasteiger partial charge on any atom is 0.211 e. The number of ether oxygens (including phenoxy) is 1. The van der Waals surface area contributed by atoms with Gasteiger partial charge in [0.1, 0.15) is 5.75 Å². The van der Waals surface area contributed by atoms with Crippen LogP contribution in [0.3, 0.4) is 0 Å². The van der Waals surface area contributed by atoms with Crippen molar-refractivity contribution < 1.29 is 4.74 Å². The maximum atomic E-state index is 5.65. The van der Waals surface area contributed by atoms with Gasteiger partial charge in [0, 0.05) is 7.05 Å². The number of para-hydroxylation sites is 1. The third kappa shape index (κ3) is 3.92. The smallest absolute Gasteiger partial charge is 0.211 e. The van der Waals surface area contributed by atoms with E-state index in [1.807, 2.05) is 43.4 Å². The molecule has 0 bridgehead atoms. The molecule has 1 heterocycles. The van der Waals surface area contributed by atoms with E-state index < -0.39 is 0 Å². The second-order valence-electron chi connectivity index (χ2n) is 5.53. The van der Waals surface area contributed by atoms with Gasteiger partial charge < -0.3 is 9.30 Å². The molecule has 1 aromatic heterocycles. The van der Waals surface area contributed by atoms with E-state index in [0.717, 1.165) is 35.6 Å². The van der Waals surface area contributed by atoms with E-state index in [1.165, 1.54) is 10.2 Å². The summed E-state index contributed by atoms with van der Waals surface area (Å²) < 4.78 is 8.92. The van der Waals surface area contributed by atoms with Crippen LogP contribution in [0.2, 0.25) is 0 Å². The van der Waals surface area contributed by atoms with Crippen molar-refractivity contribution in [2.75, 3.05) is 6.61 Å². The number of benzene rings is 2. The number of aryl methyl sites for hydroxylation is 1. The van der Waals surface area contributed by atoms with E-state index in [1.54, 1.807) is 17.6 Å². The number of hydrogen-bond acceptors (Lipinski definition) is 4. The number of nitrogens with zero attached hydrogens (tertiary/aromatic N) is 3. The summed E-state index contributed by atoms with van der Waals surface area (Å²) in [5.41, 5.74) is 2.18. The topological polar surface area (TPSA) is 38.9 Å². The molecule has 0 unspecified atom stereocenters. The molecule has 0 aliphatic heterocycles. The predicted octanol–water partition coefficient (Wildman–Crippen LogP) is 4.35. The van der Waals surface area contributed by atoms with Crippen LogP contribution in [0, 0.1) is 0 Å². The highest BCUT2D eigenvalue weighted by Crippen LogP contribution is 2.15. The van der Waals surface area contributed by atoms with Crippen molar-refractivity contribution in [2.45, 2.75) is 19.8 Å². The Morgan fingerprint density at radius 1 is 1.12 bits per heavy atom. The molecule has 3 rings (SSSR count). The van der Waals surface area contributed by atoms with Crippen molar-refractivity contribution in [3.8, 4) is 5.75 Å². The number of hydrogen-bond donors (Lipinski definition) is 0. The van der Waals surface area contributed by atoms with E-state index in [9.17, 15) is 0 Å². The van der Waals surface area contributed by atoms with Crippen molar-refractivity contribution in [3.63, 3.8) is 0 Å². The van der Waals surface area contributed by atoms with E-state index in [4.69, 9.17) is 4.74 Å². The van der Waals surface area contributed by atoms with Crippen LogP contribution in [-0.2, 0) is 7.05 Å². The Morgan fingerprint density at radius 3 is 2.67 bits per heavy atom. The van der Waals surface area contributed by atoms with Crippen LogP contribution in [0.4, 0.5) is 0 Å². The van der Waals surface area contributed by atoms with Crippen molar-refractivity contribution in [3.05, 3.63) is 58.9 Å². The molecule has 0 aliphatic rings. The third-order valence-electron chi connectivity index (χ3n) is 3.71. The van der Waals surface area contributed by atoms with E-state index in [0.29, 0.717) is 0 Å². The first-order valence-electron chi connectivity index (χ1n) is 8.12. The molecule has 124 valence electrons. The lowest BCUT2D eigenvalue weighted by atomic mass is 10.2. The highest BCUT2D eigenvalue weighted by Gasteiger charge is 2.00. The second kappa shape index (κ2) is 7.93. The lowest BCUT2D eigenvalue weighted by Crippen LogP contribution is -2.08. The van der Waals surface area contributed by atoms with Gasteiger partial charge in [0.15, 0.2) is 0 Å². The Morgan fingerprint density at radius 2 is 1.92 bits per heavy atom. The van der Waals surface area contributed by atoms with Crippen LogP contribution >= 0.6 is 11.3 Å². The summed E-state index contributed by atoms with van der Waals surface area (Å²) in [5, 5.41) is 8.56. The van der Waals surface area contributed by atoms with Gasteiger partial charge in [-0.3, -0.25) is 0 Å². The van der Waals surface area contributed by atoms with Crippen molar-refractivity contribution in [2.24, 2.45) is 17.3 Å². The summed E-state index contributed by atoms with van der Waals surface area (Å²) in [6, 6.07) is 16.2. The number of fused-ring (bicyclic) bond motifs is 1. The highest BCUT2D eigenvalue weighted by atomic mass is 32.1. The molecule has 0 radical (unpaired) electrons. The van der Waals surface area contributed by atoms with Gasteiger partial charge in [-0.1, -0.05) is 36.8 Å². The standard InChI is InChI=1S/C19H21N3OS/c1-3-4-13-23-16-11-9-15(10-12-16)14-20-21-19-22(2)17-7-5-6-8-18(17)24-19/h5-12,14H,3-4,13H2,1-2H3. The summed E-state index contributed by atoms with van der Waals surface area (Å²) in [6.45, 7) is 2.92. The molecule has 0 aliphatic carbocycles. The lowest BCUT2D eigenvalue weighted by molar-refractivity contribution is 0.309. The maximum absolute atomic E-state index is 5.65. The van der Waals surface area contributed by atoms with Crippen LogP contribution < -0.4 is 9.54 Å². The summed E-state index contributed by atoms with van der Waals surface area (Å²) in [4.78, 5) is 0.881. The Labute approximate surface area is 145 Å². The molecule has 0 N–H and O–H groups in total. The minimum absolute atomic E-state index is 0.766. The molecular formula is C19H21N3OS. The second-order valence-corrected chi connectivity index (χ2v) is 6.54. The lowest BCUT2D eigenvalue weighted by Gasteiger charge is -2.04. The minimum atomic E-state index is 0.766. The molecule has 0 spiro atoms. The normalized spacial score (nSPS) is 12.3. The molecular weight excluding hydrogens is 318 g/mol. The first kappa shape index (κ1) is 16.5. The van der Waals surface area contributed by atoms with Gasteiger partial charge in [0.05, 0.1) is 23.0 Å². The fourth-order valence-electron chi connectivity index (χ4n) is 2.31. The molecule has 3 aromatic rings. The van der Waals surface area contributed by atoms with Gasteiger partial charge in [0.2, 0.25) is 4.80 Å². The Bertz CT molecular complexity index is 891. The van der Waals surface area contributed by atoms with Crippen molar-refractivity contribution in [1.29, 1.82) is 0 Å². The van der Waals surface area contributed by atoms with E-state index >= 15 is 0 Å². The van der Waals surface area contributed by atoms with Crippen LogP contribution in [0.5, 0.6) is 5.75 Å². The summed E-state index contributed by atoms with van der Waals surface area (Å²) >= 11 is 1.64. The van der Waals surface area contributed by atoms with Crippen LogP contribution in [0.25, 0.3) is 10.2 Å². The molecule has 5 heteroatoms. The van der Waals surface area contributed by atoms with Crippen molar-refractivity contribution in [1.82, 2.24) is 4.57 Å². The van der Waals surface area contributed by atoms with Crippen LogP contribution in [0.15, 0.2) is 58.7 Å². The summed E-state index contributed by atoms with van der Waals surface area (Å²) in [6.07, 6.45) is 3.98. The molecule has 24 heavy (non-hydrogen) atoms. The van der Waals surface area contributed by atoms with Gasteiger partial charge in [-0.25, -0.2) is 0 Å². The molecule has 4 nitrogen and oxygen atoms in total. The monoisotopic (exact) mass is 339 g/mol. The van der Waals surface area contributed by atoms with E-state index in [2.05, 4.69) is 33.8 Å². The third-order valence-corrected chi connectivity index (χ3v) is 4.81. The highest BCUT2D eigenvalue weighted by molar-refractivity contribution is 7.16. The Hall–Kier alpha value is -2.40. The first-order chi connectivity index (χ1) is 11.8. The van der Waals surface area contributed by atoms with Crippen LogP contribution in [-0.4, -0.2) is 17.4 Å². The number of unbranched alkanes of at least 4 members (excludes halogenated alkanes) is 1. The quantitative estimate of drug-likeness (QED) is 0.374. The molecule has 0 saturated heterocycles. The molecule has 0 atom stereocenters. The number of thiazole rings is 1.